The number of hydrogen-bond donors (Lipinski definition) is 1. The topological polar surface area (TPSA) is 60.1 Å². The highest BCUT2D eigenvalue weighted by Gasteiger charge is 2.18. The van der Waals surface area contributed by atoms with E-state index in [-0.39, 0.29) is 18.0 Å². The van der Waals surface area contributed by atoms with Crippen molar-refractivity contribution < 1.29 is 18.0 Å². The molecule has 0 aliphatic heterocycles. The maximum absolute atomic E-state index is 14.1. The number of carbonyl (C=O) groups is 1. The van der Waals surface area contributed by atoms with Crippen LogP contribution in [0.2, 0.25) is 0 Å². The van der Waals surface area contributed by atoms with E-state index in [9.17, 15) is 13.6 Å². The molecule has 0 radical (unpaired) electrons. The van der Waals surface area contributed by atoms with Crippen molar-refractivity contribution in [3.63, 3.8) is 0 Å². The Kier molecular flexibility index (Phi) is 4.89. The predicted octanol–water partition coefficient (Wildman–Crippen LogP) is 3.93. The van der Waals surface area contributed by atoms with E-state index in [1.54, 1.807) is 22.9 Å². The highest BCUT2D eigenvalue weighted by Crippen LogP contribution is 2.23. The van der Waals surface area contributed by atoms with Gasteiger partial charge in [-0.3, -0.25) is 9.78 Å². The number of carbonyl (C=O) groups excluding carboxylic acids is 1. The third kappa shape index (κ3) is 3.64. The van der Waals surface area contributed by atoms with Gasteiger partial charge in [0.1, 0.15) is 17.3 Å². The smallest absolute Gasteiger partial charge is 0.268 e. The van der Waals surface area contributed by atoms with Crippen molar-refractivity contribution in [2.75, 3.05) is 6.54 Å². The van der Waals surface area contributed by atoms with E-state index >= 15 is 0 Å². The summed E-state index contributed by atoms with van der Waals surface area (Å²) >= 11 is 0. The molecule has 0 bridgehead atoms. The first-order valence-corrected chi connectivity index (χ1v) is 8.80. The molecule has 5 nitrogen and oxygen atoms in total. The summed E-state index contributed by atoms with van der Waals surface area (Å²) in [7, 11) is 0. The Balaban J connectivity index is 1.55. The van der Waals surface area contributed by atoms with E-state index in [0.717, 1.165) is 11.8 Å². The van der Waals surface area contributed by atoms with Crippen LogP contribution >= 0.6 is 0 Å². The first kappa shape index (κ1) is 17.9. The fourth-order valence-corrected chi connectivity index (χ4v) is 3.10. The number of aromatic nitrogens is 2. The number of halogens is 2. The molecule has 0 aliphatic carbocycles. The molecule has 1 N–H and O–H groups in total. The van der Waals surface area contributed by atoms with Gasteiger partial charge < -0.3 is 14.3 Å². The lowest BCUT2D eigenvalue weighted by molar-refractivity contribution is 0.0945. The van der Waals surface area contributed by atoms with Gasteiger partial charge in [-0.15, -0.1) is 0 Å². The lowest BCUT2D eigenvalue weighted by atomic mass is 10.2. The van der Waals surface area contributed by atoms with E-state index in [4.69, 9.17) is 4.42 Å². The van der Waals surface area contributed by atoms with E-state index in [1.807, 2.05) is 18.2 Å². The second-order valence-corrected chi connectivity index (χ2v) is 6.35. The third-order valence-corrected chi connectivity index (χ3v) is 4.49. The van der Waals surface area contributed by atoms with Gasteiger partial charge in [-0.2, -0.15) is 0 Å². The molecular formula is C21H17F2N3O2. The molecule has 0 saturated heterocycles. The summed E-state index contributed by atoms with van der Waals surface area (Å²) in [6.45, 7) is 0.492. The zero-order valence-corrected chi connectivity index (χ0v) is 14.9. The Hall–Kier alpha value is -3.48. The molecule has 142 valence electrons. The Bertz CT molecular complexity index is 1120. The van der Waals surface area contributed by atoms with Crippen LogP contribution in [0.5, 0.6) is 0 Å². The second-order valence-electron chi connectivity index (χ2n) is 6.35. The van der Waals surface area contributed by atoms with Gasteiger partial charge in [-0.05, 0) is 18.2 Å². The van der Waals surface area contributed by atoms with Crippen molar-refractivity contribution >= 4 is 17.0 Å². The van der Waals surface area contributed by atoms with Crippen LogP contribution in [-0.4, -0.2) is 22.0 Å². The number of rotatable bonds is 6. The van der Waals surface area contributed by atoms with Gasteiger partial charge >= 0.3 is 0 Å². The van der Waals surface area contributed by atoms with E-state index in [0.29, 0.717) is 29.8 Å². The Morgan fingerprint density at radius 3 is 2.82 bits per heavy atom. The van der Waals surface area contributed by atoms with Crippen LogP contribution in [0.3, 0.4) is 0 Å². The molecule has 0 atom stereocenters. The molecule has 4 rings (SSSR count). The fourth-order valence-electron chi connectivity index (χ4n) is 3.10. The lowest BCUT2D eigenvalue weighted by Gasteiger charge is -2.11. The average molecular weight is 381 g/mol. The molecule has 0 unspecified atom stereocenters. The van der Waals surface area contributed by atoms with Crippen molar-refractivity contribution in [3.05, 3.63) is 89.6 Å². The quantitative estimate of drug-likeness (QED) is 0.551. The number of nitrogens with zero attached hydrogens (tertiary/aromatic N) is 2. The van der Waals surface area contributed by atoms with E-state index in [2.05, 4.69) is 10.3 Å². The van der Waals surface area contributed by atoms with Gasteiger partial charge in [0.05, 0.1) is 18.3 Å². The molecule has 0 saturated carbocycles. The number of pyridine rings is 1. The van der Waals surface area contributed by atoms with Gasteiger partial charge in [-0.25, -0.2) is 8.78 Å². The van der Waals surface area contributed by atoms with Crippen LogP contribution in [0.15, 0.2) is 65.4 Å². The van der Waals surface area contributed by atoms with Gasteiger partial charge in [0.15, 0.2) is 5.58 Å². The Labute approximate surface area is 159 Å². The van der Waals surface area contributed by atoms with Crippen LogP contribution < -0.4 is 5.32 Å². The maximum Gasteiger partial charge on any atom is 0.268 e. The maximum atomic E-state index is 14.1. The average Bonchev–Trinajstić information content (AvgIpc) is 3.27. The Morgan fingerprint density at radius 1 is 1.14 bits per heavy atom. The molecule has 0 spiro atoms. The zero-order chi connectivity index (χ0) is 19.5. The predicted molar refractivity (Wildman–Crippen MR) is 99.9 cm³/mol. The molecule has 1 aromatic carbocycles. The lowest BCUT2D eigenvalue weighted by Crippen LogP contribution is -2.28. The van der Waals surface area contributed by atoms with E-state index in [1.165, 1.54) is 18.4 Å². The highest BCUT2D eigenvalue weighted by molar-refractivity contribution is 5.97. The van der Waals surface area contributed by atoms with Crippen LogP contribution in [-0.2, 0) is 13.0 Å². The zero-order valence-electron chi connectivity index (χ0n) is 14.9. The third-order valence-electron chi connectivity index (χ3n) is 4.49. The van der Waals surface area contributed by atoms with Crippen LogP contribution in [0.4, 0.5) is 8.78 Å². The van der Waals surface area contributed by atoms with Crippen molar-refractivity contribution in [1.29, 1.82) is 0 Å². The minimum Gasteiger partial charge on any atom is -0.463 e. The summed E-state index contributed by atoms with van der Waals surface area (Å²) in [5.41, 5.74) is 2.69. The van der Waals surface area contributed by atoms with Crippen molar-refractivity contribution in [2.24, 2.45) is 0 Å². The number of fused-ring (bicyclic) bond motifs is 1. The SMILES string of the molecule is O=C(NCCc1ccccn1)c1cc2occc2n1Cc1ccc(F)cc1F. The largest absolute Gasteiger partial charge is 0.463 e. The van der Waals surface area contributed by atoms with Gasteiger partial charge in [-0.1, -0.05) is 12.1 Å². The summed E-state index contributed by atoms with van der Waals surface area (Å²) in [5.74, 6) is -1.61. The standard InChI is InChI=1S/C21H17F2N3O2/c22-15-5-4-14(17(23)11-15)13-26-18-7-10-28-20(18)12-19(26)21(27)25-9-6-16-3-1-2-8-24-16/h1-5,7-8,10-12H,6,9,13H2,(H,25,27). The monoisotopic (exact) mass is 381 g/mol. The van der Waals surface area contributed by atoms with Crippen molar-refractivity contribution in [2.45, 2.75) is 13.0 Å². The minimum absolute atomic E-state index is 0.0815. The summed E-state index contributed by atoms with van der Waals surface area (Å²) < 4.78 is 34.3. The van der Waals surface area contributed by atoms with Crippen LogP contribution in [0.1, 0.15) is 21.7 Å². The molecule has 0 fully saturated rings. The van der Waals surface area contributed by atoms with Gasteiger partial charge in [0, 0.05) is 48.6 Å². The first-order valence-electron chi connectivity index (χ1n) is 8.80. The molecule has 7 heteroatoms. The van der Waals surface area contributed by atoms with E-state index < -0.39 is 11.6 Å². The molecule has 4 aromatic rings. The molecule has 3 heterocycles. The molecule has 28 heavy (non-hydrogen) atoms. The summed E-state index contributed by atoms with van der Waals surface area (Å²) in [6.07, 6.45) is 3.80. The van der Waals surface area contributed by atoms with Crippen LogP contribution in [0, 0.1) is 11.6 Å². The molecular weight excluding hydrogens is 364 g/mol. The minimum atomic E-state index is -0.660. The summed E-state index contributed by atoms with van der Waals surface area (Å²) in [5, 5.41) is 2.85. The number of benzene rings is 1. The van der Waals surface area contributed by atoms with Gasteiger partial charge in [0.25, 0.3) is 5.91 Å². The first-order chi connectivity index (χ1) is 13.6. The van der Waals surface area contributed by atoms with Crippen molar-refractivity contribution in [1.82, 2.24) is 14.9 Å². The number of amides is 1. The molecule has 0 aliphatic rings. The fraction of sp³-hybridized carbons (Fsp3) is 0.143. The van der Waals surface area contributed by atoms with Crippen molar-refractivity contribution in [3.8, 4) is 0 Å². The van der Waals surface area contributed by atoms with Gasteiger partial charge in [0.2, 0.25) is 0 Å². The number of furan rings is 1. The Morgan fingerprint density at radius 2 is 2.04 bits per heavy atom. The number of hydrogen-bond acceptors (Lipinski definition) is 3. The molecule has 3 aromatic heterocycles. The molecule has 1 amide bonds. The second kappa shape index (κ2) is 7.64. The summed E-state index contributed by atoms with van der Waals surface area (Å²) in [6, 6.07) is 12.3. The highest BCUT2D eigenvalue weighted by atomic mass is 19.1. The normalized spacial score (nSPS) is 11.1. The van der Waals surface area contributed by atoms with Crippen LogP contribution in [0.25, 0.3) is 11.1 Å². The summed E-state index contributed by atoms with van der Waals surface area (Å²) in [4.78, 5) is 16.9. The number of nitrogens with one attached hydrogen (secondary N) is 1.